The predicted octanol–water partition coefficient (Wildman–Crippen LogP) is 5.60. The second-order valence-electron chi connectivity index (χ2n) is 7.17. The number of rotatable bonds is 9. The van der Waals surface area contributed by atoms with E-state index in [1.54, 1.807) is 12.1 Å². The standard InChI is InChI=1S/C27H28N2O2/c1-3-29(4-2)18-19-31-25-16-12-23(13-17-25)27(22-10-14-24(30)15-11-22)26(20-28)21-8-6-5-7-9-21/h5-17,30H,3-4,18-19H2,1-2H3/b27-26-. The molecule has 0 aromatic heterocycles. The lowest BCUT2D eigenvalue weighted by molar-refractivity contribution is 0.223. The first-order valence-electron chi connectivity index (χ1n) is 10.6. The molecule has 0 aliphatic carbocycles. The topological polar surface area (TPSA) is 56.5 Å². The molecule has 0 spiro atoms. The van der Waals surface area contributed by atoms with E-state index < -0.39 is 0 Å². The minimum Gasteiger partial charge on any atom is -0.508 e. The molecule has 0 heterocycles. The molecule has 0 aliphatic rings. The maximum absolute atomic E-state index is 10.0. The van der Waals surface area contributed by atoms with Gasteiger partial charge in [-0.1, -0.05) is 68.4 Å². The number of hydrogen-bond acceptors (Lipinski definition) is 4. The van der Waals surface area contributed by atoms with Gasteiger partial charge in [-0.3, -0.25) is 0 Å². The Morgan fingerprint density at radius 1 is 0.839 bits per heavy atom. The molecule has 0 saturated carbocycles. The van der Waals surface area contributed by atoms with Gasteiger partial charge in [0, 0.05) is 12.1 Å². The lowest BCUT2D eigenvalue weighted by Crippen LogP contribution is -2.27. The predicted molar refractivity (Wildman–Crippen MR) is 126 cm³/mol. The molecule has 4 heteroatoms. The Morgan fingerprint density at radius 2 is 1.42 bits per heavy atom. The number of phenols is 1. The van der Waals surface area contributed by atoms with Crippen molar-refractivity contribution in [2.75, 3.05) is 26.2 Å². The molecule has 3 aromatic rings. The molecule has 3 rings (SSSR count). The Labute approximate surface area is 184 Å². The largest absolute Gasteiger partial charge is 0.508 e. The molecule has 0 unspecified atom stereocenters. The van der Waals surface area contributed by atoms with Crippen LogP contribution in [0.5, 0.6) is 11.5 Å². The highest BCUT2D eigenvalue weighted by Crippen LogP contribution is 2.33. The second-order valence-corrected chi connectivity index (χ2v) is 7.17. The fourth-order valence-corrected chi connectivity index (χ4v) is 3.50. The molecule has 0 fully saturated rings. The Hall–Kier alpha value is -3.55. The van der Waals surface area contributed by atoms with Crippen molar-refractivity contribution in [3.63, 3.8) is 0 Å². The van der Waals surface area contributed by atoms with E-state index in [-0.39, 0.29) is 5.75 Å². The lowest BCUT2D eigenvalue weighted by atomic mass is 9.90. The number of hydrogen-bond donors (Lipinski definition) is 1. The molecule has 0 amide bonds. The van der Waals surface area contributed by atoms with E-state index in [1.165, 1.54) is 0 Å². The number of nitriles is 1. The Kier molecular flexibility index (Phi) is 7.86. The second kappa shape index (κ2) is 11.0. The molecule has 0 radical (unpaired) electrons. The molecule has 4 nitrogen and oxygen atoms in total. The van der Waals surface area contributed by atoms with Gasteiger partial charge in [-0.15, -0.1) is 0 Å². The van der Waals surface area contributed by atoms with Gasteiger partial charge in [-0.25, -0.2) is 0 Å². The van der Waals surface area contributed by atoms with Gasteiger partial charge in [0.2, 0.25) is 0 Å². The van der Waals surface area contributed by atoms with Crippen molar-refractivity contribution in [2.24, 2.45) is 0 Å². The fraction of sp³-hybridized carbons (Fsp3) is 0.222. The molecule has 158 valence electrons. The summed E-state index contributed by atoms with van der Waals surface area (Å²) in [4.78, 5) is 2.32. The van der Waals surface area contributed by atoms with E-state index in [0.29, 0.717) is 12.2 Å². The first-order valence-corrected chi connectivity index (χ1v) is 10.6. The summed E-state index contributed by atoms with van der Waals surface area (Å²) in [7, 11) is 0. The van der Waals surface area contributed by atoms with E-state index >= 15 is 0 Å². The van der Waals surface area contributed by atoms with Crippen LogP contribution < -0.4 is 4.74 Å². The summed E-state index contributed by atoms with van der Waals surface area (Å²) in [5.41, 5.74) is 4.05. The first kappa shape index (κ1) is 22.1. The summed E-state index contributed by atoms with van der Waals surface area (Å²) in [6.07, 6.45) is 0. The fourth-order valence-electron chi connectivity index (χ4n) is 3.50. The Bertz CT molecular complexity index is 1030. The van der Waals surface area contributed by atoms with Crippen molar-refractivity contribution in [2.45, 2.75) is 13.8 Å². The molecular weight excluding hydrogens is 384 g/mol. The van der Waals surface area contributed by atoms with E-state index in [0.717, 1.165) is 47.6 Å². The van der Waals surface area contributed by atoms with Crippen molar-refractivity contribution < 1.29 is 9.84 Å². The number of likely N-dealkylation sites (N-methyl/N-ethyl adjacent to an activating group) is 1. The normalized spacial score (nSPS) is 11.7. The van der Waals surface area contributed by atoms with Gasteiger partial charge in [0.25, 0.3) is 0 Å². The van der Waals surface area contributed by atoms with E-state index in [2.05, 4.69) is 24.8 Å². The van der Waals surface area contributed by atoms with Crippen LogP contribution in [-0.4, -0.2) is 36.2 Å². The number of phenolic OH excluding ortho intramolecular Hbond substituents is 1. The maximum Gasteiger partial charge on any atom is 0.119 e. The van der Waals surface area contributed by atoms with Gasteiger partial charge < -0.3 is 14.7 Å². The Balaban J connectivity index is 1.94. The van der Waals surface area contributed by atoms with Crippen LogP contribution >= 0.6 is 0 Å². The van der Waals surface area contributed by atoms with E-state index in [4.69, 9.17) is 4.74 Å². The van der Waals surface area contributed by atoms with Crippen molar-refractivity contribution in [3.05, 3.63) is 95.6 Å². The highest BCUT2D eigenvalue weighted by Gasteiger charge is 2.14. The minimum absolute atomic E-state index is 0.193. The van der Waals surface area contributed by atoms with Crippen LogP contribution in [0.3, 0.4) is 0 Å². The Morgan fingerprint density at radius 3 is 1.97 bits per heavy atom. The maximum atomic E-state index is 10.0. The van der Waals surface area contributed by atoms with Crippen molar-refractivity contribution in [1.82, 2.24) is 4.90 Å². The highest BCUT2D eigenvalue weighted by molar-refractivity contribution is 6.03. The monoisotopic (exact) mass is 412 g/mol. The van der Waals surface area contributed by atoms with Crippen LogP contribution in [0.25, 0.3) is 11.1 Å². The zero-order valence-corrected chi connectivity index (χ0v) is 18.1. The van der Waals surface area contributed by atoms with Crippen LogP contribution in [-0.2, 0) is 0 Å². The smallest absolute Gasteiger partial charge is 0.119 e. The summed E-state index contributed by atoms with van der Waals surface area (Å²) in [5.74, 6) is 0.998. The summed E-state index contributed by atoms with van der Waals surface area (Å²) in [6, 6.07) is 26.8. The lowest BCUT2D eigenvalue weighted by Gasteiger charge is -2.18. The van der Waals surface area contributed by atoms with Gasteiger partial charge in [-0.05, 0) is 54.0 Å². The molecule has 0 aliphatic heterocycles. The molecular formula is C27H28N2O2. The van der Waals surface area contributed by atoms with E-state index in [9.17, 15) is 10.4 Å². The average Bonchev–Trinajstić information content (AvgIpc) is 2.82. The highest BCUT2D eigenvalue weighted by atomic mass is 16.5. The van der Waals surface area contributed by atoms with Crippen LogP contribution in [0, 0.1) is 11.3 Å². The van der Waals surface area contributed by atoms with Gasteiger partial charge in [0.1, 0.15) is 24.2 Å². The number of ether oxygens (including phenoxy) is 1. The molecule has 3 aromatic carbocycles. The summed E-state index contributed by atoms with van der Waals surface area (Å²) in [6.45, 7) is 7.84. The number of nitrogens with zero attached hydrogens (tertiary/aromatic N) is 2. The van der Waals surface area contributed by atoms with Gasteiger partial charge in [0.15, 0.2) is 0 Å². The van der Waals surface area contributed by atoms with Crippen LogP contribution in [0.4, 0.5) is 0 Å². The summed E-state index contributed by atoms with van der Waals surface area (Å²) >= 11 is 0. The zero-order chi connectivity index (χ0) is 22.1. The molecule has 0 saturated heterocycles. The molecule has 31 heavy (non-hydrogen) atoms. The molecule has 0 bridgehead atoms. The number of benzene rings is 3. The summed E-state index contributed by atoms with van der Waals surface area (Å²) in [5, 5.41) is 19.7. The van der Waals surface area contributed by atoms with Crippen LogP contribution in [0.2, 0.25) is 0 Å². The third-order valence-corrected chi connectivity index (χ3v) is 5.29. The van der Waals surface area contributed by atoms with Gasteiger partial charge in [0.05, 0.1) is 5.57 Å². The quantitative estimate of drug-likeness (QED) is 0.367. The van der Waals surface area contributed by atoms with Crippen molar-refractivity contribution >= 4 is 11.1 Å². The third-order valence-electron chi connectivity index (χ3n) is 5.29. The zero-order valence-electron chi connectivity index (χ0n) is 18.1. The van der Waals surface area contributed by atoms with Crippen molar-refractivity contribution in [1.29, 1.82) is 5.26 Å². The number of allylic oxidation sites excluding steroid dienone is 1. The SMILES string of the molecule is CCN(CC)CCOc1ccc(/C(=C(/C#N)c2ccccc2)c2ccc(O)cc2)cc1. The summed E-state index contributed by atoms with van der Waals surface area (Å²) < 4.78 is 5.91. The number of aromatic hydroxyl groups is 1. The van der Waals surface area contributed by atoms with Crippen molar-refractivity contribution in [3.8, 4) is 17.6 Å². The average molecular weight is 413 g/mol. The first-order chi connectivity index (χ1) is 15.2. The molecule has 0 atom stereocenters. The molecule has 1 N–H and O–H groups in total. The van der Waals surface area contributed by atoms with Crippen LogP contribution in [0.1, 0.15) is 30.5 Å². The van der Waals surface area contributed by atoms with Gasteiger partial charge >= 0.3 is 0 Å². The minimum atomic E-state index is 0.193. The van der Waals surface area contributed by atoms with Gasteiger partial charge in [-0.2, -0.15) is 5.26 Å². The van der Waals surface area contributed by atoms with E-state index in [1.807, 2.05) is 66.7 Å². The van der Waals surface area contributed by atoms with Crippen LogP contribution in [0.15, 0.2) is 78.9 Å². The third kappa shape index (κ3) is 5.75.